The highest BCUT2D eigenvalue weighted by atomic mass is 16.4. The SMILES string of the molecule is Cn1nnc(-c2ccc[nH]2)c1C(=O)O. The van der Waals surface area contributed by atoms with Crippen molar-refractivity contribution in [3.05, 3.63) is 24.0 Å². The Bertz CT molecular complexity index is 458. The molecule has 0 amide bonds. The van der Waals surface area contributed by atoms with Crippen LogP contribution in [0.1, 0.15) is 10.5 Å². The maximum atomic E-state index is 10.9. The zero-order valence-electron chi connectivity index (χ0n) is 7.43. The number of hydrogen-bond acceptors (Lipinski definition) is 3. The molecule has 0 unspecified atom stereocenters. The van der Waals surface area contributed by atoms with Crippen molar-refractivity contribution in [1.29, 1.82) is 0 Å². The molecule has 0 aromatic carbocycles. The lowest BCUT2D eigenvalue weighted by atomic mass is 10.2. The molecule has 0 radical (unpaired) electrons. The number of aryl methyl sites for hydroxylation is 1. The molecule has 0 spiro atoms. The third-order valence-corrected chi connectivity index (χ3v) is 1.88. The summed E-state index contributed by atoms with van der Waals surface area (Å²) in [6.07, 6.45) is 1.70. The summed E-state index contributed by atoms with van der Waals surface area (Å²) in [5.74, 6) is -1.04. The Morgan fingerprint density at radius 3 is 3.00 bits per heavy atom. The highest BCUT2D eigenvalue weighted by molar-refractivity contribution is 5.92. The average molecular weight is 192 g/mol. The fraction of sp³-hybridized carbons (Fsp3) is 0.125. The summed E-state index contributed by atoms with van der Waals surface area (Å²) in [7, 11) is 1.54. The molecule has 2 rings (SSSR count). The summed E-state index contributed by atoms with van der Waals surface area (Å²) < 4.78 is 1.23. The maximum absolute atomic E-state index is 10.9. The third-order valence-electron chi connectivity index (χ3n) is 1.88. The second-order valence-corrected chi connectivity index (χ2v) is 2.80. The zero-order valence-corrected chi connectivity index (χ0v) is 7.43. The quantitative estimate of drug-likeness (QED) is 0.726. The number of aromatic carboxylic acids is 1. The first-order valence-corrected chi connectivity index (χ1v) is 3.97. The van der Waals surface area contributed by atoms with Gasteiger partial charge in [-0.2, -0.15) is 0 Å². The van der Waals surface area contributed by atoms with Crippen LogP contribution < -0.4 is 0 Å². The van der Waals surface area contributed by atoms with Crippen LogP contribution in [0.4, 0.5) is 0 Å². The Kier molecular flexibility index (Phi) is 1.81. The van der Waals surface area contributed by atoms with Crippen LogP contribution in [0, 0.1) is 0 Å². The zero-order chi connectivity index (χ0) is 10.1. The van der Waals surface area contributed by atoms with Crippen LogP contribution in [0.5, 0.6) is 0 Å². The van der Waals surface area contributed by atoms with Crippen molar-refractivity contribution in [2.75, 3.05) is 0 Å². The highest BCUT2D eigenvalue weighted by Gasteiger charge is 2.19. The molecule has 6 heteroatoms. The molecule has 6 nitrogen and oxygen atoms in total. The number of aromatic amines is 1. The van der Waals surface area contributed by atoms with Gasteiger partial charge in [-0.3, -0.25) is 0 Å². The summed E-state index contributed by atoms with van der Waals surface area (Å²) in [6, 6.07) is 3.52. The maximum Gasteiger partial charge on any atom is 0.356 e. The Labute approximate surface area is 79.2 Å². The average Bonchev–Trinajstić information content (AvgIpc) is 2.70. The molecule has 0 aliphatic carbocycles. The number of nitrogens with zero attached hydrogens (tertiary/aromatic N) is 3. The molecule has 2 aromatic heterocycles. The summed E-state index contributed by atoms with van der Waals surface area (Å²) >= 11 is 0. The van der Waals surface area contributed by atoms with E-state index < -0.39 is 5.97 Å². The van der Waals surface area contributed by atoms with E-state index in [0.29, 0.717) is 11.4 Å². The van der Waals surface area contributed by atoms with Gasteiger partial charge in [0, 0.05) is 13.2 Å². The number of rotatable bonds is 2. The van der Waals surface area contributed by atoms with Crippen molar-refractivity contribution in [2.45, 2.75) is 0 Å². The number of hydrogen-bond donors (Lipinski definition) is 2. The van der Waals surface area contributed by atoms with E-state index in [1.807, 2.05) is 0 Å². The highest BCUT2D eigenvalue weighted by Crippen LogP contribution is 2.17. The minimum absolute atomic E-state index is 0.0763. The Morgan fingerprint density at radius 1 is 1.64 bits per heavy atom. The minimum Gasteiger partial charge on any atom is -0.476 e. The molecule has 0 saturated heterocycles. The largest absolute Gasteiger partial charge is 0.476 e. The summed E-state index contributed by atoms with van der Waals surface area (Å²) in [5, 5.41) is 16.4. The molecular weight excluding hydrogens is 184 g/mol. The van der Waals surface area contributed by atoms with Crippen LogP contribution >= 0.6 is 0 Å². The normalized spacial score (nSPS) is 10.4. The number of carboxylic acid groups (broad SMARTS) is 1. The number of aromatic nitrogens is 4. The van der Waals surface area contributed by atoms with E-state index in [1.165, 1.54) is 4.68 Å². The van der Waals surface area contributed by atoms with Crippen molar-refractivity contribution in [3.63, 3.8) is 0 Å². The molecule has 0 bridgehead atoms. The number of carboxylic acids is 1. The van der Waals surface area contributed by atoms with Crippen molar-refractivity contribution in [1.82, 2.24) is 20.0 Å². The summed E-state index contributed by atoms with van der Waals surface area (Å²) in [6.45, 7) is 0. The van der Waals surface area contributed by atoms with Crippen LogP contribution in [-0.4, -0.2) is 31.1 Å². The van der Waals surface area contributed by atoms with Gasteiger partial charge in [-0.05, 0) is 12.1 Å². The van der Waals surface area contributed by atoms with Crippen LogP contribution in [0.3, 0.4) is 0 Å². The van der Waals surface area contributed by atoms with Crippen LogP contribution in [0.2, 0.25) is 0 Å². The Morgan fingerprint density at radius 2 is 2.43 bits per heavy atom. The monoisotopic (exact) mass is 192 g/mol. The van der Waals surface area contributed by atoms with Gasteiger partial charge in [0.25, 0.3) is 0 Å². The van der Waals surface area contributed by atoms with E-state index in [4.69, 9.17) is 5.11 Å². The van der Waals surface area contributed by atoms with Crippen molar-refractivity contribution < 1.29 is 9.90 Å². The lowest BCUT2D eigenvalue weighted by Gasteiger charge is -1.95. The Balaban J connectivity index is 2.60. The van der Waals surface area contributed by atoms with Gasteiger partial charge in [0.2, 0.25) is 0 Å². The third kappa shape index (κ3) is 1.17. The van der Waals surface area contributed by atoms with Gasteiger partial charge in [-0.15, -0.1) is 5.10 Å². The van der Waals surface area contributed by atoms with E-state index >= 15 is 0 Å². The second-order valence-electron chi connectivity index (χ2n) is 2.80. The minimum atomic E-state index is -1.04. The van der Waals surface area contributed by atoms with E-state index in [9.17, 15) is 4.79 Å². The fourth-order valence-corrected chi connectivity index (χ4v) is 1.26. The lowest BCUT2D eigenvalue weighted by Crippen LogP contribution is -2.06. The lowest BCUT2D eigenvalue weighted by molar-refractivity contribution is 0.0686. The number of nitrogens with one attached hydrogen (secondary N) is 1. The van der Waals surface area contributed by atoms with Gasteiger partial charge in [-0.1, -0.05) is 5.21 Å². The van der Waals surface area contributed by atoms with Crippen LogP contribution in [-0.2, 0) is 7.05 Å². The second kappa shape index (κ2) is 2.99. The Hall–Kier alpha value is -2.11. The molecule has 2 aromatic rings. The molecule has 72 valence electrons. The molecule has 2 N–H and O–H groups in total. The fourth-order valence-electron chi connectivity index (χ4n) is 1.26. The first-order chi connectivity index (χ1) is 6.70. The van der Waals surface area contributed by atoms with Gasteiger partial charge >= 0.3 is 5.97 Å². The van der Waals surface area contributed by atoms with Gasteiger partial charge in [0.1, 0.15) is 5.69 Å². The predicted octanol–water partition coefficient (Wildman–Crippen LogP) is 0.508. The molecular formula is C8H8N4O2. The van der Waals surface area contributed by atoms with E-state index in [0.717, 1.165) is 0 Å². The van der Waals surface area contributed by atoms with Gasteiger partial charge in [0.05, 0.1) is 5.69 Å². The van der Waals surface area contributed by atoms with E-state index in [2.05, 4.69) is 15.3 Å². The molecule has 2 heterocycles. The molecule has 0 atom stereocenters. The van der Waals surface area contributed by atoms with Gasteiger partial charge in [-0.25, -0.2) is 9.48 Å². The van der Waals surface area contributed by atoms with Crippen molar-refractivity contribution in [3.8, 4) is 11.4 Å². The molecule has 0 aliphatic heterocycles. The van der Waals surface area contributed by atoms with Crippen LogP contribution in [0.25, 0.3) is 11.4 Å². The van der Waals surface area contributed by atoms with Crippen LogP contribution in [0.15, 0.2) is 18.3 Å². The summed E-state index contributed by atoms with van der Waals surface area (Å²) in [4.78, 5) is 13.8. The molecule has 14 heavy (non-hydrogen) atoms. The van der Waals surface area contributed by atoms with Crippen molar-refractivity contribution in [2.24, 2.45) is 7.05 Å². The molecule has 0 aliphatic rings. The molecule has 0 saturated carbocycles. The number of carbonyl (C=O) groups is 1. The smallest absolute Gasteiger partial charge is 0.356 e. The standard InChI is InChI=1S/C8H8N4O2/c1-12-7(8(13)14)6(10-11-12)5-3-2-4-9-5/h2-4,9H,1H3,(H,13,14). The van der Waals surface area contributed by atoms with Gasteiger partial charge < -0.3 is 10.1 Å². The topological polar surface area (TPSA) is 83.8 Å². The van der Waals surface area contributed by atoms with Crippen molar-refractivity contribution >= 4 is 5.97 Å². The first-order valence-electron chi connectivity index (χ1n) is 3.97. The first kappa shape index (κ1) is 8.49. The van der Waals surface area contributed by atoms with Gasteiger partial charge in [0.15, 0.2) is 5.69 Å². The molecule has 0 fully saturated rings. The summed E-state index contributed by atoms with van der Waals surface area (Å²) in [5.41, 5.74) is 1.08. The van der Waals surface area contributed by atoms with E-state index in [-0.39, 0.29) is 5.69 Å². The van der Waals surface area contributed by atoms with E-state index in [1.54, 1.807) is 25.4 Å². The number of H-pyrrole nitrogens is 1. The predicted molar refractivity (Wildman–Crippen MR) is 47.7 cm³/mol.